The smallest absolute Gasteiger partial charge is 0.0625 e. The van der Waals surface area contributed by atoms with E-state index in [9.17, 15) is 0 Å². The maximum atomic E-state index is 4.57. The molecule has 3 nitrogen and oxygen atoms in total. The monoisotopic (exact) mass is 253 g/mol. The Morgan fingerprint density at radius 3 is 3.06 bits per heavy atom. The number of nitrogens with one attached hydrogen (secondary N) is 1. The molecule has 1 N–H and O–H groups in total. The SMILES string of the molecule is CCc1cc(CNCC2CCCS2)n(CC)n1. The van der Waals surface area contributed by atoms with Gasteiger partial charge < -0.3 is 5.32 Å². The van der Waals surface area contributed by atoms with Crippen molar-refractivity contribution >= 4 is 11.8 Å². The lowest BCUT2D eigenvalue weighted by molar-refractivity contribution is 0.570. The number of nitrogens with zero attached hydrogens (tertiary/aromatic N) is 2. The number of hydrogen-bond acceptors (Lipinski definition) is 3. The lowest BCUT2D eigenvalue weighted by atomic mass is 10.2. The highest BCUT2D eigenvalue weighted by atomic mass is 32.2. The minimum Gasteiger partial charge on any atom is -0.310 e. The molecule has 1 atom stereocenters. The molecule has 0 amide bonds. The number of aryl methyl sites for hydroxylation is 2. The molecule has 96 valence electrons. The van der Waals surface area contributed by atoms with E-state index in [2.05, 4.69) is 46.8 Å². The van der Waals surface area contributed by atoms with E-state index in [-0.39, 0.29) is 0 Å². The van der Waals surface area contributed by atoms with E-state index in [1.807, 2.05) is 0 Å². The van der Waals surface area contributed by atoms with Crippen LogP contribution in [0.15, 0.2) is 6.07 Å². The first kappa shape index (κ1) is 13.0. The average Bonchev–Trinajstić information content (AvgIpc) is 2.98. The van der Waals surface area contributed by atoms with Crippen LogP contribution >= 0.6 is 11.8 Å². The number of thioether (sulfide) groups is 1. The number of hydrogen-bond donors (Lipinski definition) is 1. The largest absolute Gasteiger partial charge is 0.310 e. The fourth-order valence-electron chi connectivity index (χ4n) is 2.27. The third-order valence-electron chi connectivity index (χ3n) is 3.28. The van der Waals surface area contributed by atoms with Crippen LogP contribution in [-0.2, 0) is 19.5 Å². The molecule has 1 aliphatic heterocycles. The van der Waals surface area contributed by atoms with Crippen molar-refractivity contribution in [1.29, 1.82) is 0 Å². The highest BCUT2D eigenvalue weighted by Crippen LogP contribution is 2.25. The predicted molar refractivity (Wildman–Crippen MR) is 74.5 cm³/mol. The van der Waals surface area contributed by atoms with Crippen molar-refractivity contribution in [1.82, 2.24) is 15.1 Å². The molecule has 1 unspecified atom stereocenters. The van der Waals surface area contributed by atoms with Crippen LogP contribution in [-0.4, -0.2) is 27.3 Å². The maximum Gasteiger partial charge on any atom is 0.0625 e. The first-order valence-corrected chi connectivity index (χ1v) is 7.76. The maximum absolute atomic E-state index is 4.57. The molecule has 1 saturated heterocycles. The summed E-state index contributed by atoms with van der Waals surface area (Å²) in [6, 6.07) is 2.23. The highest BCUT2D eigenvalue weighted by molar-refractivity contribution is 8.00. The third-order valence-corrected chi connectivity index (χ3v) is 4.68. The molecule has 2 rings (SSSR count). The van der Waals surface area contributed by atoms with Crippen LogP contribution in [0.1, 0.15) is 38.1 Å². The topological polar surface area (TPSA) is 29.9 Å². The Morgan fingerprint density at radius 2 is 2.41 bits per heavy atom. The van der Waals surface area contributed by atoms with Gasteiger partial charge in [0, 0.05) is 24.9 Å². The van der Waals surface area contributed by atoms with Crippen LogP contribution < -0.4 is 5.32 Å². The second-order valence-electron chi connectivity index (χ2n) is 4.56. The van der Waals surface area contributed by atoms with Gasteiger partial charge in [-0.3, -0.25) is 4.68 Å². The quantitative estimate of drug-likeness (QED) is 0.844. The van der Waals surface area contributed by atoms with Gasteiger partial charge in [0.1, 0.15) is 0 Å². The molecule has 0 spiro atoms. The van der Waals surface area contributed by atoms with E-state index in [1.54, 1.807) is 0 Å². The highest BCUT2D eigenvalue weighted by Gasteiger charge is 2.15. The van der Waals surface area contributed by atoms with Crippen molar-refractivity contribution in [2.45, 2.75) is 51.4 Å². The molecule has 0 aliphatic carbocycles. The molecule has 4 heteroatoms. The molecule has 0 bridgehead atoms. The number of aromatic nitrogens is 2. The van der Waals surface area contributed by atoms with Crippen molar-refractivity contribution in [3.8, 4) is 0 Å². The lowest BCUT2D eigenvalue weighted by Crippen LogP contribution is -2.24. The molecular weight excluding hydrogens is 230 g/mol. The molecule has 1 fully saturated rings. The van der Waals surface area contributed by atoms with Crippen LogP contribution in [0.25, 0.3) is 0 Å². The molecule has 1 aromatic heterocycles. The molecule has 0 radical (unpaired) electrons. The fraction of sp³-hybridized carbons (Fsp3) is 0.769. The van der Waals surface area contributed by atoms with Gasteiger partial charge in [-0.1, -0.05) is 6.92 Å². The Labute approximate surface area is 108 Å². The summed E-state index contributed by atoms with van der Waals surface area (Å²) in [6.07, 6.45) is 3.80. The summed E-state index contributed by atoms with van der Waals surface area (Å²) in [5.74, 6) is 1.35. The summed E-state index contributed by atoms with van der Waals surface area (Å²) in [5, 5.41) is 8.98. The lowest BCUT2D eigenvalue weighted by Gasteiger charge is -2.10. The molecule has 2 heterocycles. The first-order valence-electron chi connectivity index (χ1n) is 6.71. The van der Waals surface area contributed by atoms with E-state index in [0.717, 1.165) is 31.3 Å². The summed E-state index contributed by atoms with van der Waals surface area (Å²) in [6.45, 7) is 7.38. The summed E-state index contributed by atoms with van der Waals surface area (Å²) >= 11 is 2.11. The van der Waals surface area contributed by atoms with Gasteiger partial charge in [-0.15, -0.1) is 0 Å². The zero-order valence-electron chi connectivity index (χ0n) is 10.9. The zero-order chi connectivity index (χ0) is 12.1. The molecule has 17 heavy (non-hydrogen) atoms. The summed E-state index contributed by atoms with van der Waals surface area (Å²) in [5.41, 5.74) is 2.53. The van der Waals surface area contributed by atoms with E-state index >= 15 is 0 Å². The third kappa shape index (κ3) is 3.49. The Bertz CT molecular complexity index is 342. The number of rotatable bonds is 6. The molecular formula is C13H23N3S. The Balaban J connectivity index is 1.82. The van der Waals surface area contributed by atoms with E-state index in [0.29, 0.717) is 0 Å². The molecule has 1 aromatic rings. The van der Waals surface area contributed by atoms with Crippen molar-refractivity contribution < 1.29 is 0 Å². The molecule has 0 saturated carbocycles. The van der Waals surface area contributed by atoms with Crippen LogP contribution in [0.2, 0.25) is 0 Å². The van der Waals surface area contributed by atoms with E-state index in [1.165, 1.54) is 30.0 Å². The van der Waals surface area contributed by atoms with Crippen molar-refractivity contribution in [2.75, 3.05) is 12.3 Å². The standard InChI is InChI=1S/C13H23N3S/c1-3-11-8-12(16(4-2)15-11)9-14-10-13-6-5-7-17-13/h8,13-14H,3-7,9-10H2,1-2H3. The molecule has 0 aromatic carbocycles. The predicted octanol–water partition coefficient (Wildman–Crippen LogP) is 2.45. The summed E-state index contributed by atoms with van der Waals surface area (Å²) in [4.78, 5) is 0. The van der Waals surface area contributed by atoms with Crippen LogP contribution in [0.3, 0.4) is 0 Å². The second kappa shape index (κ2) is 6.45. The van der Waals surface area contributed by atoms with E-state index in [4.69, 9.17) is 0 Å². The van der Waals surface area contributed by atoms with Gasteiger partial charge in [0.15, 0.2) is 0 Å². The van der Waals surface area contributed by atoms with Gasteiger partial charge in [-0.2, -0.15) is 16.9 Å². The van der Waals surface area contributed by atoms with Gasteiger partial charge in [-0.05, 0) is 38.0 Å². The van der Waals surface area contributed by atoms with Gasteiger partial charge in [0.05, 0.1) is 11.4 Å². The van der Waals surface area contributed by atoms with Gasteiger partial charge in [0.2, 0.25) is 0 Å². The Kier molecular flexibility index (Phi) is 4.92. The fourth-order valence-corrected chi connectivity index (χ4v) is 3.51. The Hall–Kier alpha value is -0.480. The minimum absolute atomic E-state index is 0.832. The van der Waals surface area contributed by atoms with Crippen LogP contribution in [0, 0.1) is 0 Å². The van der Waals surface area contributed by atoms with Crippen molar-refractivity contribution in [3.63, 3.8) is 0 Å². The van der Waals surface area contributed by atoms with Crippen LogP contribution in [0.5, 0.6) is 0 Å². The van der Waals surface area contributed by atoms with Crippen molar-refractivity contribution in [2.24, 2.45) is 0 Å². The zero-order valence-corrected chi connectivity index (χ0v) is 11.7. The van der Waals surface area contributed by atoms with Crippen molar-refractivity contribution in [3.05, 3.63) is 17.5 Å². The summed E-state index contributed by atoms with van der Waals surface area (Å²) < 4.78 is 2.12. The van der Waals surface area contributed by atoms with Gasteiger partial charge in [-0.25, -0.2) is 0 Å². The second-order valence-corrected chi connectivity index (χ2v) is 5.97. The van der Waals surface area contributed by atoms with Crippen LogP contribution in [0.4, 0.5) is 0 Å². The van der Waals surface area contributed by atoms with Gasteiger partial charge in [0.25, 0.3) is 0 Å². The first-order chi connectivity index (χ1) is 8.33. The normalized spacial score (nSPS) is 20.0. The summed E-state index contributed by atoms with van der Waals surface area (Å²) in [7, 11) is 0. The molecule has 1 aliphatic rings. The van der Waals surface area contributed by atoms with E-state index < -0.39 is 0 Å². The van der Waals surface area contributed by atoms with Gasteiger partial charge >= 0.3 is 0 Å². The Morgan fingerprint density at radius 1 is 1.53 bits per heavy atom. The average molecular weight is 253 g/mol. The minimum atomic E-state index is 0.832.